The molecule has 134 valence electrons. The van der Waals surface area contributed by atoms with Gasteiger partial charge >= 0.3 is 0 Å². The lowest BCUT2D eigenvalue weighted by Crippen LogP contribution is -2.46. The van der Waals surface area contributed by atoms with Crippen LogP contribution in [0.25, 0.3) is 0 Å². The van der Waals surface area contributed by atoms with Crippen LogP contribution >= 0.6 is 24.0 Å². The maximum absolute atomic E-state index is 12.3. The molecular weight excluding hydrogens is 359 g/mol. The summed E-state index contributed by atoms with van der Waals surface area (Å²) in [6, 6.07) is 15.3. The standard InChI is InChI=1S/C19H21ClN2O2.ClH/c20-18-7-2-1-5-16(18)14-24-17-6-3-4-15(12-17)13-19(23)22-10-8-21-9-11-22;/h1-7,12,21H,8-11,13-14H2;1H. The van der Waals surface area contributed by atoms with Gasteiger partial charge in [0.05, 0.1) is 6.42 Å². The van der Waals surface area contributed by atoms with Crippen molar-refractivity contribution in [2.24, 2.45) is 0 Å². The lowest BCUT2D eigenvalue weighted by Gasteiger charge is -2.27. The third kappa shape index (κ3) is 5.63. The summed E-state index contributed by atoms with van der Waals surface area (Å²) in [6.45, 7) is 3.71. The van der Waals surface area contributed by atoms with Crippen LogP contribution in [0.3, 0.4) is 0 Å². The van der Waals surface area contributed by atoms with Gasteiger partial charge in [-0.3, -0.25) is 4.79 Å². The molecular formula is C19H22Cl2N2O2. The van der Waals surface area contributed by atoms with E-state index in [1.165, 1.54) is 0 Å². The van der Waals surface area contributed by atoms with E-state index in [9.17, 15) is 4.79 Å². The van der Waals surface area contributed by atoms with Gasteiger partial charge in [-0.2, -0.15) is 0 Å². The van der Waals surface area contributed by atoms with Crippen LogP contribution in [0.2, 0.25) is 5.02 Å². The third-order valence-electron chi connectivity index (χ3n) is 4.08. The third-order valence-corrected chi connectivity index (χ3v) is 4.44. The number of nitrogens with one attached hydrogen (secondary N) is 1. The molecule has 1 fully saturated rings. The number of amides is 1. The molecule has 0 radical (unpaired) electrons. The Morgan fingerprint density at radius 2 is 1.88 bits per heavy atom. The van der Waals surface area contributed by atoms with E-state index in [0.29, 0.717) is 18.1 Å². The Morgan fingerprint density at radius 1 is 1.12 bits per heavy atom. The number of benzene rings is 2. The fraction of sp³-hybridized carbons (Fsp3) is 0.316. The first kappa shape index (κ1) is 19.6. The highest BCUT2D eigenvalue weighted by molar-refractivity contribution is 6.31. The van der Waals surface area contributed by atoms with Crippen molar-refractivity contribution in [3.8, 4) is 5.75 Å². The van der Waals surface area contributed by atoms with E-state index >= 15 is 0 Å². The molecule has 0 saturated carbocycles. The van der Waals surface area contributed by atoms with Crippen LogP contribution in [0.15, 0.2) is 48.5 Å². The summed E-state index contributed by atoms with van der Waals surface area (Å²) in [7, 11) is 0. The second-order valence-electron chi connectivity index (χ2n) is 5.84. The summed E-state index contributed by atoms with van der Waals surface area (Å²) in [5.74, 6) is 0.917. The molecule has 0 aromatic heterocycles. The average Bonchev–Trinajstić information content (AvgIpc) is 2.62. The Morgan fingerprint density at radius 3 is 2.64 bits per heavy atom. The van der Waals surface area contributed by atoms with Crippen LogP contribution in [0.1, 0.15) is 11.1 Å². The van der Waals surface area contributed by atoms with Gasteiger partial charge in [0.15, 0.2) is 0 Å². The zero-order valence-electron chi connectivity index (χ0n) is 13.9. The summed E-state index contributed by atoms with van der Waals surface area (Å²) in [5, 5.41) is 3.95. The summed E-state index contributed by atoms with van der Waals surface area (Å²) in [5.41, 5.74) is 1.91. The van der Waals surface area contributed by atoms with E-state index in [1.807, 2.05) is 53.4 Å². The zero-order valence-corrected chi connectivity index (χ0v) is 15.5. The van der Waals surface area contributed by atoms with E-state index in [0.717, 1.165) is 43.1 Å². The molecule has 25 heavy (non-hydrogen) atoms. The van der Waals surface area contributed by atoms with Gasteiger partial charge in [0.2, 0.25) is 5.91 Å². The van der Waals surface area contributed by atoms with E-state index in [2.05, 4.69) is 5.32 Å². The van der Waals surface area contributed by atoms with Gasteiger partial charge in [-0.05, 0) is 23.8 Å². The largest absolute Gasteiger partial charge is 0.489 e. The second-order valence-corrected chi connectivity index (χ2v) is 6.24. The molecule has 1 heterocycles. The number of hydrogen-bond donors (Lipinski definition) is 1. The number of ether oxygens (including phenoxy) is 1. The molecule has 0 bridgehead atoms. The summed E-state index contributed by atoms with van der Waals surface area (Å²) < 4.78 is 5.82. The van der Waals surface area contributed by atoms with Gasteiger partial charge in [0, 0.05) is 36.8 Å². The molecule has 1 saturated heterocycles. The van der Waals surface area contributed by atoms with Crippen LogP contribution in [0.5, 0.6) is 5.75 Å². The molecule has 1 N–H and O–H groups in total. The van der Waals surface area contributed by atoms with Crippen LogP contribution < -0.4 is 10.1 Å². The molecule has 0 aliphatic carbocycles. The lowest BCUT2D eigenvalue weighted by atomic mass is 10.1. The molecule has 0 unspecified atom stereocenters. The highest BCUT2D eigenvalue weighted by Crippen LogP contribution is 2.20. The van der Waals surface area contributed by atoms with Crippen molar-refractivity contribution >= 4 is 29.9 Å². The van der Waals surface area contributed by atoms with Gasteiger partial charge in [0.25, 0.3) is 0 Å². The average molecular weight is 381 g/mol. The Labute approximate surface area is 159 Å². The number of hydrogen-bond acceptors (Lipinski definition) is 3. The minimum absolute atomic E-state index is 0. The Kier molecular flexibility index (Phi) is 7.56. The molecule has 2 aromatic rings. The maximum atomic E-state index is 12.3. The molecule has 0 spiro atoms. The number of nitrogens with zero attached hydrogens (tertiary/aromatic N) is 1. The Hall–Kier alpha value is -1.75. The molecule has 2 aromatic carbocycles. The fourth-order valence-electron chi connectivity index (χ4n) is 2.72. The van der Waals surface area contributed by atoms with Crippen molar-refractivity contribution in [3.05, 3.63) is 64.7 Å². The van der Waals surface area contributed by atoms with Crippen molar-refractivity contribution < 1.29 is 9.53 Å². The van der Waals surface area contributed by atoms with Gasteiger partial charge in [-0.1, -0.05) is 41.9 Å². The summed E-state index contributed by atoms with van der Waals surface area (Å²) in [6.07, 6.45) is 0.406. The van der Waals surface area contributed by atoms with Crippen LogP contribution in [0, 0.1) is 0 Å². The number of carbonyl (C=O) groups is 1. The molecule has 1 aliphatic rings. The number of piperazine rings is 1. The smallest absolute Gasteiger partial charge is 0.227 e. The van der Waals surface area contributed by atoms with Crippen molar-refractivity contribution in [3.63, 3.8) is 0 Å². The number of carbonyl (C=O) groups excluding carboxylic acids is 1. The summed E-state index contributed by atoms with van der Waals surface area (Å²) in [4.78, 5) is 14.3. The lowest BCUT2D eigenvalue weighted by molar-refractivity contribution is -0.131. The van der Waals surface area contributed by atoms with Crippen molar-refractivity contribution in [2.45, 2.75) is 13.0 Å². The zero-order chi connectivity index (χ0) is 16.8. The van der Waals surface area contributed by atoms with E-state index in [-0.39, 0.29) is 18.3 Å². The molecule has 1 amide bonds. The van der Waals surface area contributed by atoms with Gasteiger partial charge in [-0.25, -0.2) is 0 Å². The highest BCUT2D eigenvalue weighted by atomic mass is 35.5. The molecule has 0 atom stereocenters. The van der Waals surface area contributed by atoms with Crippen molar-refractivity contribution in [1.82, 2.24) is 10.2 Å². The minimum Gasteiger partial charge on any atom is -0.489 e. The van der Waals surface area contributed by atoms with Gasteiger partial charge in [-0.15, -0.1) is 12.4 Å². The first-order chi connectivity index (χ1) is 11.7. The van der Waals surface area contributed by atoms with Crippen molar-refractivity contribution in [1.29, 1.82) is 0 Å². The monoisotopic (exact) mass is 380 g/mol. The van der Waals surface area contributed by atoms with Crippen LogP contribution in [0.4, 0.5) is 0 Å². The molecule has 6 heteroatoms. The number of rotatable bonds is 5. The quantitative estimate of drug-likeness (QED) is 0.864. The topological polar surface area (TPSA) is 41.6 Å². The predicted octanol–water partition coefficient (Wildman–Crippen LogP) is 3.32. The van der Waals surface area contributed by atoms with Crippen LogP contribution in [-0.2, 0) is 17.8 Å². The number of halogens is 2. The first-order valence-electron chi connectivity index (χ1n) is 8.16. The summed E-state index contributed by atoms with van der Waals surface area (Å²) >= 11 is 6.14. The Bertz CT molecular complexity index is 703. The SMILES string of the molecule is Cl.O=C(Cc1cccc(OCc2ccccc2Cl)c1)N1CCNCC1. The predicted molar refractivity (Wildman–Crippen MR) is 103 cm³/mol. The van der Waals surface area contributed by atoms with Gasteiger partial charge in [0.1, 0.15) is 12.4 Å². The van der Waals surface area contributed by atoms with E-state index in [4.69, 9.17) is 16.3 Å². The minimum atomic E-state index is 0. The second kappa shape index (κ2) is 9.66. The molecule has 1 aliphatic heterocycles. The van der Waals surface area contributed by atoms with Gasteiger partial charge < -0.3 is 15.0 Å². The molecule has 3 rings (SSSR count). The fourth-order valence-corrected chi connectivity index (χ4v) is 2.91. The normalized spacial score (nSPS) is 13.9. The molecule has 4 nitrogen and oxygen atoms in total. The maximum Gasteiger partial charge on any atom is 0.227 e. The van der Waals surface area contributed by atoms with E-state index in [1.54, 1.807) is 0 Å². The van der Waals surface area contributed by atoms with Crippen LogP contribution in [-0.4, -0.2) is 37.0 Å². The highest BCUT2D eigenvalue weighted by Gasteiger charge is 2.16. The first-order valence-corrected chi connectivity index (χ1v) is 8.54. The Balaban J connectivity index is 0.00000225. The van der Waals surface area contributed by atoms with Crippen molar-refractivity contribution in [2.75, 3.05) is 26.2 Å². The van der Waals surface area contributed by atoms with E-state index < -0.39 is 0 Å².